The molecular weight excluding hydrogens is 320 g/mol. The van der Waals surface area contributed by atoms with Crippen molar-refractivity contribution in [3.63, 3.8) is 0 Å². The van der Waals surface area contributed by atoms with Crippen LogP contribution in [0.25, 0.3) is 11.3 Å². The fourth-order valence-electron chi connectivity index (χ4n) is 2.38. The van der Waals surface area contributed by atoms with Crippen LogP contribution >= 0.6 is 27.3 Å². The first kappa shape index (κ1) is 13.3. The summed E-state index contributed by atoms with van der Waals surface area (Å²) >= 11 is 5.36. The van der Waals surface area contributed by atoms with Crippen LogP contribution in [-0.4, -0.2) is 11.5 Å². The Bertz CT molecular complexity index is 629. The van der Waals surface area contributed by atoms with Crippen LogP contribution in [0.15, 0.2) is 22.7 Å². The summed E-state index contributed by atoms with van der Waals surface area (Å²) in [6.45, 7) is 5.01. The molecule has 100 valence electrons. The maximum Gasteiger partial charge on any atom is 0.101 e. The highest BCUT2D eigenvalue weighted by Crippen LogP contribution is 2.50. The van der Waals surface area contributed by atoms with Crippen LogP contribution in [-0.2, 0) is 5.41 Å². The molecule has 1 fully saturated rings. The molecule has 0 bridgehead atoms. The first-order chi connectivity index (χ1) is 9.05. The summed E-state index contributed by atoms with van der Waals surface area (Å²) in [6, 6.07) is 6.36. The fraction of sp³-hybridized carbons (Fsp3) is 0.400. The van der Waals surface area contributed by atoms with E-state index in [1.165, 1.54) is 33.9 Å². The summed E-state index contributed by atoms with van der Waals surface area (Å²) < 4.78 is 1.10. The molecule has 2 nitrogen and oxygen atoms in total. The molecular formula is C15H17BrN2S. The molecule has 19 heavy (non-hydrogen) atoms. The summed E-state index contributed by atoms with van der Waals surface area (Å²) in [5, 5.41) is 1.22. The van der Waals surface area contributed by atoms with Crippen molar-refractivity contribution in [2.45, 2.75) is 32.1 Å². The number of nitrogens with two attached hydrogens (primary N) is 1. The lowest BCUT2D eigenvalue weighted by Gasteiger charge is -2.07. The number of halogens is 1. The number of rotatable bonds is 3. The number of hydrogen-bond acceptors (Lipinski definition) is 3. The van der Waals surface area contributed by atoms with E-state index >= 15 is 0 Å². The lowest BCUT2D eigenvalue weighted by molar-refractivity contribution is 0.698. The Kier molecular flexibility index (Phi) is 3.28. The normalized spacial score (nSPS) is 16.6. The van der Waals surface area contributed by atoms with Crippen molar-refractivity contribution in [1.29, 1.82) is 0 Å². The predicted octanol–water partition coefficient (Wildman–Crippen LogP) is 4.18. The molecule has 1 aromatic carbocycles. The largest absolute Gasteiger partial charge is 0.329 e. The van der Waals surface area contributed by atoms with Crippen molar-refractivity contribution in [2.24, 2.45) is 5.73 Å². The molecule has 0 aliphatic heterocycles. The van der Waals surface area contributed by atoms with Gasteiger partial charge in [0.05, 0.1) is 5.69 Å². The van der Waals surface area contributed by atoms with Gasteiger partial charge < -0.3 is 5.73 Å². The maximum atomic E-state index is 5.91. The van der Waals surface area contributed by atoms with Gasteiger partial charge in [0.2, 0.25) is 0 Å². The minimum atomic E-state index is 0.188. The first-order valence-electron chi connectivity index (χ1n) is 6.50. The lowest BCUT2D eigenvalue weighted by Crippen LogP contribution is -2.19. The fourth-order valence-corrected chi connectivity index (χ4v) is 3.92. The molecule has 0 unspecified atom stereocenters. The van der Waals surface area contributed by atoms with Gasteiger partial charge in [0.25, 0.3) is 0 Å². The summed E-state index contributed by atoms with van der Waals surface area (Å²) in [5.41, 5.74) is 9.71. The van der Waals surface area contributed by atoms with Gasteiger partial charge in [0, 0.05) is 26.9 Å². The molecule has 0 radical (unpaired) electrons. The van der Waals surface area contributed by atoms with Crippen molar-refractivity contribution in [1.82, 2.24) is 4.98 Å². The van der Waals surface area contributed by atoms with E-state index in [9.17, 15) is 0 Å². The zero-order valence-corrected chi connectivity index (χ0v) is 13.6. The number of benzene rings is 1. The van der Waals surface area contributed by atoms with E-state index in [-0.39, 0.29) is 5.41 Å². The Hall–Kier alpha value is -0.710. The van der Waals surface area contributed by atoms with Crippen molar-refractivity contribution in [2.75, 3.05) is 6.54 Å². The van der Waals surface area contributed by atoms with Crippen LogP contribution in [0.5, 0.6) is 0 Å². The van der Waals surface area contributed by atoms with Gasteiger partial charge in [0.15, 0.2) is 0 Å². The molecule has 0 saturated heterocycles. The average molecular weight is 337 g/mol. The Morgan fingerprint density at radius 1 is 1.37 bits per heavy atom. The molecule has 1 aliphatic rings. The van der Waals surface area contributed by atoms with E-state index in [2.05, 4.69) is 48.0 Å². The van der Waals surface area contributed by atoms with Crippen LogP contribution in [0.4, 0.5) is 0 Å². The van der Waals surface area contributed by atoms with Crippen LogP contribution in [0.2, 0.25) is 0 Å². The minimum absolute atomic E-state index is 0.188. The molecule has 1 saturated carbocycles. The molecule has 0 atom stereocenters. The second kappa shape index (κ2) is 4.69. The molecule has 0 amide bonds. The highest BCUT2D eigenvalue weighted by atomic mass is 79.9. The number of aryl methyl sites for hydroxylation is 2. The monoisotopic (exact) mass is 336 g/mol. The third kappa shape index (κ3) is 2.26. The SMILES string of the molecule is Cc1ccc(Br)cc1-c1nc(C2(CN)CC2)sc1C. The van der Waals surface area contributed by atoms with E-state index < -0.39 is 0 Å². The van der Waals surface area contributed by atoms with Crippen molar-refractivity contribution in [3.05, 3.63) is 38.1 Å². The molecule has 4 heteroatoms. The standard InChI is InChI=1S/C15H17BrN2S/c1-9-3-4-11(16)7-12(9)13-10(2)19-14(18-13)15(8-17)5-6-15/h3-4,7H,5-6,8,17H2,1-2H3. The van der Waals surface area contributed by atoms with Crippen LogP contribution in [0, 0.1) is 13.8 Å². The van der Waals surface area contributed by atoms with E-state index in [4.69, 9.17) is 10.7 Å². The van der Waals surface area contributed by atoms with Crippen LogP contribution in [0.1, 0.15) is 28.3 Å². The summed E-state index contributed by atoms with van der Waals surface area (Å²) in [6.07, 6.45) is 2.38. The summed E-state index contributed by atoms with van der Waals surface area (Å²) in [5.74, 6) is 0. The van der Waals surface area contributed by atoms with Gasteiger partial charge in [-0.05, 0) is 44.4 Å². The van der Waals surface area contributed by atoms with Gasteiger partial charge >= 0.3 is 0 Å². The molecule has 1 heterocycles. The van der Waals surface area contributed by atoms with Gasteiger partial charge in [0.1, 0.15) is 5.01 Å². The molecule has 1 aliphatic carbocycles. The van der Waals surface area contributed by atoms with Gasteiger partial charge in [-0.3, -0.25) is 0 Å². The Balaban J connectivity index is 2.08. The summed E-state index contributed by atoms with van der Waals surface area (Å²) in [7, 11) is 0. The van der Waals surface area contributed by atoms with E-state index in [1.54, 1.807) is 0 Å². The molecule has 2 aromatic rings. The second-order valence-corrected chi connectivity index (χ2v) is 7.49. The Morgan fingerprint density at radius 2 is 2.11 bits per heavy atom. The van der Waals surface area contributed by atoms with Crippen LogP contribution < -0.4 is 5.73 Å². The third-order valence-corrected chi connectivity index (χ3v) is 5.66. The highest BCUT2D eigenvalue weighted by Gasteiger charge is 2.46. The number of nitrogens with zero attached hydrogens (tertiary/aromatic N) is 1. The zero-order chi connectivity index (χ0) is 13.6. The number of aromatic nitrogens is 1. The molecule has 3 rings (SSSR count). The molecule has 1 aromatic heterocycles. The van der Waals surface area contributed by atoms with Gasteiger partial charge in [-0.15, -0.1) is 11.3 Å². The first-order valence-corrected chi connectivity index (χ1v) is 8.11. The van der Waals surface area contributed by atoms with E-state index in [0.29, 0.717) is 0 Å². The highest BCUT2D eigenvalue weighted by molar-refractivity contribution is 9.10. The predicted molar refractivity (Wildman–Crippen MR) is 84.7 cm³/mol. The van der Waals surface area contributed by atoms with Crippen molar-refractivity contribution < 1.29 is 0 Å². The number of hydrogen-bond donors (Lipinski definition) is 1. The van der Waals surface area contributed by atoms with E-state index in [0.717, 1.165) is 16.7 Å². The maximum absolute atomic E-state index is 5.91. The molecule has 0 spiro atoms. The average Bonchev–Trinajstić information content (AvgIpc) is 3.10. The molecule has 2 N–H and O–H groups in total. The Morgan fingerprint density at radius 3 is 2.74 bits per heavy atom. The van der Waals surface area contributed by atoms with Crippen molar-refractivity contribution >= 4 is 27.3 Å². The smallest absolute Gasteiger partial charge is 0.101 e. The van der Waals surface area contributed by atoms with E-state index in [1.807, 2.05) is 11.3 Å². The Labute approximate surface area is 126 Å². The summed E-state index contributed by atoms with van der Waals surface area (Å²) in [4.78, 5) is 6.19. The minimum Gasteiger partial charge on any atom is -0.329 e. The van der Waals surface area contributed by atoms with Gasteiger partial charge in [-0.2, -0.15) is 0 Å². The van der Waals surface area contributed by atoms with Crippen LogP contribution in [0.3, 0.4) is 0 Å². The van der Waals surface area contributed by atoms with Gasteiger partial charge in [-0.25, -0.2) is 4.98 Å². The second-order valence-electron chi connectivity index (χ2n) is 5.37. The number of thiazole rings is 1. The zero-order valence-electron chi connectivity index (χ0n) is 11.2. The third-order valence-electron chi connectivity index (χ3n) is 3.95. The quantitative estimate of drug-likeness (QED) is 0.913. The lowest BCUT2D eigenvalue weighted by atomic mass is 10.0. The van der Waals surface area contributed by atoms with Crippen molar-refractivity contribution in [3.8, 4) is 11.3 Å². The topological polar surface area (TPSA) is 38.9 Å². The van der Waals surface area contributed by atoms with Gasteiger partial charge in [-0.1, -0.05) is 22.0 Å².